The summed E-state index contributed by atoms with van der Waals surface area (Å²) in [6.45, 7) is 1.000. The van der Waals surface area contributed by atoms with Crippen molar-refractivity contribution in [3.8, 4) is 17.1 Å². The van der Waals surface area contributed by atoms with Gasteiger partial charge in [0, 0.05) is 30.3 Å². The van der Waals surface area contributed by atoms with Crippen LogP contribution in [-0.4, -0.2) is 46.9 Å². The van der Waals surface area contributed by atoms with E-state index >= 15 is 0 Å². The van der Waals surface area contributed by atoms with Crippen LogP contribution in [0.1, 0.15) is 23.2 Å². The van der Waals surface area contributed by atoms with Gasteiger partial charge in [0.1, 0.15) is 0 Å². The molecular formula is C18H21N5O3. The SMILES string of the molecule is COc1cc(-c2ccc(C(=O)N3CCCC(C(N)=O)C3)cc2)nc(N)n1. The summed E-state index contributed by atoms with van der Waals surface area (Å²) < 4.78 is 5.10. The molecule has 1 unspecified atom stereocenters. The largest absolute Gasteiger partial charge is 0.481 e. The molecular weight excluding hydrogens is 334 g/mol. The van der Waals surface area contributed by atoms with Crippen LogP contribution in [0.3, 0.4) is 0 Å². The summed E-state index contributed by atoms with van der Waals surface area (Å²) in [5.74, 6) is -0.248. The summed E-state index contributed by atoms with van der Waals surface area (Å²) in [5.41, 5.74) is 13.0. The zero-order valence-electron chi connectivity index (χ0n) is 14.5. The van der Waals surface area contributed by atoms with Gasteiger partial charge < -0.3 is 21.1 Å². The molecule has 1 saturated heterocycles. The second-order valence-electron chi connectivity index (χ2n) is 6.22. The van der Waals surface area contributed by atoms with Crippen LogP contribution < -0.4 is 16.2 Å². The molecule has 2 heterocycles. The number of primary amides is 1. The molecule has 8 nitrogen and oxygen atoms in total. The van der Waals surface area contributed by atoms with E-state index in [0.29, 0.717) is 30.2 Å². The Labute approximate surface area is 151 Å². The Hall–Kier alpha value is -3.16. The van der Waals surface area contributed by atoms with Gasteiger partial charge in [-0.2, -0.15) is 4.98 Å². The van der Waals surface area contributed by atoms with E-state index in [2.05, 4.69) is 9.97 Å². The van der Waals surface area contributed by atoms with Crippen molar-refractivity contribution in [2.75, 3.05) is 25.9 Å². The Kier molecular flexibility index (Phi) is 5.01. The fourth-order valence-electron chi connectivity index (χ4n) is 3.06. The molecule has 1 aromatic heterocycles. The smallest absolute Gasteiger partial charge is 0.253 e. The topological polar surface area (TPSA) is 124 Å². The average molecular weight is 355 g/mol. The highest BCUT2D eigenvalue weighted by molar-refractivity contribution is 5.95. The molecule has 0 spiro atoms. The second-order valence-corrected chi connectivity index (χ2v) is 6.22. The molecule has 0 bridgehead atoms. The van der Waals surface area contributed by atoms with Crippen molar-refractivity contribution in [1.82, 2.24) is 14.9 Å². The number of anilines is 1. The summed E-state index contributed by atoms with van der Waals surface area (Å²) in [6, 6.07) is 8.73. The zero-order valence-corrected chi connectivity index (χ0v) is 14.5. The number of likely N-dealkylation sites (tertiary alicyclic amines) is 1. The molecule has 1 atom stereocenters. The van der Waals surface area contributed by atoms with Crippen molar-refractivity contribution in [2.24, 2.45) is 11.7 Å². The van der Waals surface area contributed by atoms with E-state index in [-0.39, 0.29) is 23.7 Å². The molecule has 1 fully saturated rings. The molecule has 1 aromatic carbocycles. The van der Waals surface area contributed by atoms with Crippen LogP contribution in [0.15, 0.2) is 30.3 Å². The van der Waals surface area contributed by atoms with Crippen LogP contribution in [0.4, 0.5) is 5.95 Å². The predicted octanol–water partition coefficient (Wildman–Crippen LogP) is 1.07. The number of ether oxygens (including phenoxy) is 1. The van der Waals surface area contributed by atoms with Crippen molar-refractivity contribution in [3.63, 3.8) is 0 Å². The number of rotatable bonds is 4. The molecule has 0 radical (unpaired) electrons. The Balaban J connectivity index is 1.78. The van der Waals surface area contributed by atoms with Crippen LogP contribution in [0.5, 0.6) is 5.88 Å². The highest BCUT2D eigenvalue weighted by atomic mass is 16.5. The summed E-state index contributed by atoms with van der Waals surface area (Å²) in [4.78, 5) is 33.9. The number of nitrogens with two attached hydrogens (primary N) is 2. The van der Waals surface area contributed by atoms with Crippen molar-refractivity contribution in [2.45, 2.75) is 12.8 Å². The third-order valence-electron chi connectivity index (χ3n) is 4.47. The van der Waals surface area contributed by atoms with Crippen molar-refractivity contribution >= 4 is 17.8 Å². The van der Waals surface area contributed by atoms with Crippen LogP contribution in [0.2, 0.25) is 0 Å². The first-order valence-corrected chi connectivity index (χ1v) is 8.35. The minimum atomic E-state index is -0.354. The molecule has 3 rings (SSSR count). The first kappa shape index (κ1) is 17.7. The number of amides is 2. The summed E-state index contributed by atoms with van der Waals surface area (Å²) in [7, 11) is 1.51. The van der Waals surface area contributed by atoms with Crippen LogP contribution in [0.25, 0.3) is 11.3 Å². The monoisotopic (exact) mass is 355 g/mol. The van der Waals surface area contributed by atoms with E-state index < -0.39 is 0 Å². The summed E-state index contributed by atoms with van der Waals surface area (Å²) in [5, 5.41) is 0. The molecule has 1 aliphatic heterocycles. The molecule has 1 aliphatic rings. The van der Waals surface area contributed by atoms with Crippen LogP contribution >= 0.6 is 0 Å². The van der Waals surface area contributed by atoms with Gasteiger partial charge in [-0.25, -0.2) is 4.98 Å². The van der Waals surface area contributed by atoms with Gasteiger partial charge in [-0.15, -0.1) is 0 Å². The lowest BCUT2D eigenvalue weighted by Gasteiger charge is -2.31. The number of nitrogens with zero attached hydrogens (tertiary/aromatic N) is 3. The Morgan fingerprint density at radius 1 is 1.23 bits per heavy atom. The number of aromatic nitrogens is 2. The fourth-order valence-corrected chi connectivity index (χ4v) is 3.06. The van der Waals surface area contributed by atoms with Gasteiger partial charge in [0.05, 0.1) is 18.7 Å². The van der Waals surface area contributed by atoms with Crippen LogP contribution in [0, 0.1) is 5.92 Å². The predicted molar refractivity (Wildman–Crippen MR) is 96.3 cm³/mol. The van der Waals surface area contributed by atoms with Crippen molar-refractivity contribution in [3.05, 3.63) is 35.9 Å². The highest BCUT2D eigenvalue weighted by Crippen LogP contribution is 2.23. The lowest BCUT2D eigenvalue weighted by atomic mass is 9.96. The van der Waals surface area contributed by atoms with Crippen molar-refractivity contribution in [1.29, 1.82) is 0 Å². The molecule has 26 heavy (non-hydrogen) atoms. The number of methoxy groups -OCH3 is 1. The number of hydrogen-bond donors (Lipinski definition) is 2. The van der Waals surface area contributed by atoms with Gasteiger partial charge in [0.15, 0.2) is 0 Å². The fraction of sp³-hybridized carbons (Fsp3) is 0.333. The number of hydrogen-bond acceptors (Lipinski definition) is 6. The molecule has 8 heteroatoms. The number of benzene rings is 1. The Morgan fingerprint density at radius 3 is 2.62 bits per heavy atom. The van der Waals surface area contributed by atoms with Gasteiger partial charge in [0.25, 0.3) is 5.91 Å². The second kappa shape index (κ2) is 7.38. The molecule has 136 valence electrons. The maximum absolute atomic E-state index is 12.7. The Bertz CT molecular complexity index is 822. The van der Waals surface area contributed by atoms with E-state index in [4.69, 9.17) is 16.2 Å². The van der Waals surface area contributed by atoms with Gasteiger partial charge >= 0.3 is 0 Å². The maximum atomic E-state index is 12.7. The number of carbonyl (C=O) groups is 2. The minimum Gasteiger partial charge on any atom is -0.481 e. The minimum absolute atomic E-state index is 0.109. The lowest BCUT2D eigenvalue weighted by Crippen LogP contribution is -2.44. The van der Waals surface area contributed by atoms with E-state index in [0.717, 1.165) is 18.4 Å². The quantitative estimate of drug-likeness (QED) is 0.845. The summed E-state index contributed by atoms with van der Waals surface area (Å²) >= 11 is 0. The van der Waals surface area contributed by atoms with Gasteiger partial charge in [0.2, 0.25) is 17.7 Å². The average Bonchev–Trinajstić information content (AvgIpc) is 2.67. The maximum Gasteiger partial charge on any atom is 0.253 e. The van der Waals surface area contributed by atoms with Crippen LogP contribution in [-0.2, 0) is 4.79 Å². The first-order chi connectivity index (χ1) is 12.5. The number of nitrogen functional groups attached to an aromatic ring is 1. The van der Waals surface area contributed by atoms with Gasteiger partial charge in [-0.05, 0) is 25.0 Å². The lowest BCUT2D eigenvalue weighted by molar-refractivity contribution is -0.123. The third-order valence-corrected chi connectivity index (χ3v) is 4.47. The zero-order chi connectivity index (χ0) is 18.7. The molecule has 0 aliphatic carbocycles. The highest BCUT2D eigenvalue weighted by Gasteiger charge is 2.27. The molecule has 4 N–H and O–H groups in total. The van der Waals surface area contributed by atoms with Gasteiger partial charge in [-0.1, -0.05) is 12.1 Å². The standard InChI is InChI=1S/C18H21N5O3/c1-26-15-9-14(21-18(20)22-15)11-4-6-12(7-5-11)17(25)23-8-2-3-13(10-23)16(19)24/h4-7,9,13H,2-3,8,10H2,1H3,(H2,19,24)(H2,20,21,22). The molecule has 2 amide bonds. The van der Waals surface area contributed by atoms with E-state index in [1.807, 2.05) is 0 Å². The Morgan fingerprint density at radius 2 is 1.96 bits per heavy atom. The normalized spacial score (nSPS) is 17.0. The third kappa shape index (κ3) is 3.74. The van der Waals surface area contributed by atoms with Gasteiger partial charge in [-0.3, -0.25) is 9.59 Å². The number of piperidine rings is 1. The van der Waals surface area contributed by atoms with E-state index in [1.54, 1.807) is 35.2 Å². The first-order valence-electron chi connectivity index (χ1n) is 8.35. The van der Waals surface area contributed by atoms with Crippen molar-refractivity contribution < 1.29 is 14.3 Å². The molecule has 2 aromatic rings. The van der Waals surface area contributed by atoms with E-state index in [1.165, 1.54) is 7.11 Å². The number of carbonyl (C=O) groups excluding carboxylic acids is 2. The molecule has 0 saturated carbocycles. The summed E-state index contributed by atoms with van der Waals surface area (Å²) in [6.07, 6.45) is 1.51. The van der Waals surface area contributed by atoms with E-state index in [9.17, 15) is 9.59 Å².